The van der Waals surface area contributed by atoms with E-state index in [-0.39, 0.29) is 28.7 Å². The Morgan fingerprint density at radius 1 is 1.13 bits per heavy atom. The fourth-order valence-electron chi connectivity index (χ4n) is 2.49. The van der Waals surface area contributed by atoms with Crippen LogP contribution in [0.25, 0.3) is 0 Å². The number of hydrogen-bond acceptors (Lipinski definition) is 7. The molecule has 0 aliphatic rings. The number of methoxy groups -OCH3 is 1. The Bertz CT molecular complexity index is 1140. The molecule has 0 aliphatic heterocycles. The molecule has 0 radical (unpaired) electrons. The Morgan fingerprint density at radius 2 is 1.90 bits per heavy atom. The van der Waals surface area contributed by atoms with E-state index in [0.29, 0.717) is 5.56 Å². The summed E-state index contributed by atoms with van der Waals surface area (Å²) in [7, 11) is -2.59. The summed E-state index contributed by atoms with van der Waals surface area (Å²) in [6.07, 6.45) is 1.69. The summed E-state index contributed by atoms with van der Waals surface area (Å²) in [5.41, 5.74) is 4.00. The van der Waals surface area contributed by atoms with Crippen LogP contribution in [0, 0.1) is 6.92 Å². The molecule has 3 aromatic rings. The molecule has 3 rings (SSSR count). The van der Waals surface area contributed by atoms with Crippen molar-refractivity contribution < 1.29 is 22.1 Å². The summed E-state index contributed by atoms with van der Waals surface area (Å²) in [6.45, 7) is 1.87. The first kappa shape index (κ1) is 21.5. The van der Waals surface area contributed by atoms with Crippen molar-refractivity contribution in [3.63, 3.8) is 0 Å². The third kappa shape index (κ3) is 5.68. The predicted octanol–water partition coefficient (Wildman–Crippen LogP) is 3.53. The van der Waals surface area contributed by atoms with Gasteiger partial charge in [0, 0.05) is 4.88 Å². The molecule has 9 heteroatoms. The molecule has 0 unspecified atom stereocenters. The molecule has 0 saturated carbocycles. The number of amides is 1. The third-order valence-corrected chi connectivity index (χ3v) is 6.14. The number of rotatable bonds is 8. The normalized spacial score (nSPS) is 11.4. The number of hydrogen-bond donors (Lipinski definition) is 1. The maximum Gasteiger partial charge on any atom is 0.339 e. The molecule has 0 saturated heterocycles. The first-order valence-corrected chi connectivity index (χ1v) is 11.2. The van der Waals surface area contributed by atoms with Crippen LogP contribution in [0.2, 0.25) is 0 Å². The Morgan fingerprint density at radius 3 is 2.57 bits per heavy atom. The van der Waals surface area contributed by atoms with Gasteiger partial charge in [0.25, 0.3) is 0 Å². The highest BCUT2D eigenvalue weighted by molar-refractivity contribution is 7.87. The molecule has 156 valence electrons. The third-order valence-electron chi connectivity index (χ3n) is 4.01. The highest BCUT2D eigenvalue weighted by Crippen LogP contribution is 2.30. The van der Waals surface area contributed by atoms with Gasteiger partial charge in [-0.05, 0) is 54.3 Å². The summed E-state index contributed by atoms with van der Waals surface area (Å²) in [5, 5.41) is 5.83. The highest BCUT2D eigenvalue weighted by atomic mass is 32.2. The topological polar surface area (TPSA) is 94.1 Å². The SMILES string of the molecule is COc1cc(/C=N/NC(=O)Cc2cccs2)ccc1OS(=O)(=O)c1ccc(C)cc1. The van der Waals surface area contributed by atoms with Crippen molar-refractivity contribution in [1.29, 1.82) is 0 Å². The van der Waals surface area contributed by atoms with Gasteiger partial charge in [0.2, 0.25) is 5.91 Å². The quantitative estimate of drug-likeness (QED) is 0.326. The minimum atomic E-state index is -4.00. The largest absolute Gasteiger partial charge is 0.493 e. The van der Waals surface area contributed by atoms with Crippen molar-refractivity contribution in [2.75, 3.05) is 7.11 Å². The maximum absolute atomic E-state index is 12.5. The van der Waals surface area contributed by atoms with Crippen LogP contribution < -0.4 is 14.3 Å². The zero-order chi connectivity index (χ0) is 21.6. The van der Waals surface area contributed by atoms with Gasteiger partial charge < -0.3 is 8.92 Å². The lowest BCUT2D eigenvalue weighted by atomic mass is 10.2. The van der Waals surface area contributed by atoms with Crippen molar-refractivity contribution in [1.82, 2.24) is 5.43 Å². The molecule has 0 spiro atoms. The van der Waals surface area contributed by atoms with Crippen LogP contribution >= 0.6 is 11.3 Å². The number of carbonyl (C=O) groups is 1. The summed E-state index contributed by atoms with van der Waals surface area (Å²) < 4.78 is 35.5. The Balaban J connectivity index is 1.68. The highest BCUT2D eigenvalue weighted by Gasteiger charge is 2.19. The molecule has 1 amide bonds. The summed E-state index contributed by atoms with van der Waals surface area (Å²) in [6, 6.07) is 14.8. The molecule has 1 N–H and O–H groups in total. The van der Waals surface area contributed by atoms with E-state index in [1.807, 2.05) is 24.4 Å². The average molecular weight is 445 g/mol. The zero-order valence-corrected chi connectivity index (χ0v) is 18.0. The zero-order valence-electron chi connectivity index (χ0n) is 16.4. The number of carbonyl (C=O) groups excluding carboxylic acids is 1. The lowest BCUT2D eigenvalue weighted by Gasteiger charge is -2.11. The second-order valence-corrected chi connectivity index (χ2v) is 8.89. The van der Waals surface area contributed by atoms with Gasteiger partial charge in [-0.1, -0.05) is 23.8 Å². The van der Waals surface area contributed by atoms with E-state index in [2.05, 4.69) is 10.5 Å². The predicted molar refractivity (Wildman–Crippen MR) is 116 cm³/mol. The van der Waals surface area contributed by atoms with Gasteiger partial charge in [0.05, 0.1) is 19.7 Å². The fraction of sp³-hybridized carbons (Fsp3) is 0.143. The van der Waals surface area contributed by atoms with E-state index in [4.69, 9.17) is 8.92 Å². The molecule has 1 aromatic heterocycles. The van der Waals surface area contributed by atoms with Crippen molar-refractivity contribution in [3.8, 4) is 11.5 Å². The Labute approximate surface area is 179 Å². The van der Waals surface area contributed by atoms with Crippen LogP contribution in [0.15, 0.2) is 70.0 Å². The number of aryl methyl sites for hydroxylation is 1. The van der Waals surface area contributed by atoms with Crippen molar-refractivity contribution >= 4 is 33.6 Å². The van der Waals surface area contributed by atoms with Gasteiger partial charge in [-0.15, -0.1) is 11.3 Å². The van der Waals surface area contributed by atoms with E-state index < -0.39 is 10.1 Å². The van der Waals surface area contributed by atoms with Gasteiger partial charge in [0.15, 0.2) is 11.5 Å². The molecular formula is C21H20N2O5S2. The van der Waals surface area contributed by atoms with Crippen LogP contribution in [0.4, 0.5) is 0 Å². The number of nitrogens with one attached hydrogen (secondary N) is 1. The standard InChI is InChI=1S/C21H20N2O5S2/c1-15-5-8-18(9-6-15)30(25,26)28-19-10-7-16(12-20(19)27-2)14-22-23-21(24)13-17-4-3-11-29-17/h3-12,14H,13H2,1-2H3,(H,23,24)/b22-14+. The van der Waals surface area contributed by atoms with Crippen LogP contribution in [-0.2, 0) is 21.3 Å². The van der Waals surface area contributed by atoms with Gasteiger partial charge in [-0.3, -0.25) is 4.79 Å². The van der Waals surface area contributed by atoms with Gasteiger partial charge in [-0.2, -0.15) is 13.5 Å². The Hall–Kier alpha value is -3.17. The van der Waals surface area contributed by atoms with E-state index in [9.17, 15) is 13.2 Å². The second-order valence-electron chi connectivity index (χ2n) is 6.31. The van der Waals surface area contributed by atoms with E-state index in [1.165, 1.54) is 42.9 Å². The first-order chi connectivity index (χ1) is 14.4. The smallest absolute Gasteiger partial charge is 0.339 e. The van der Waals surface area contributed by atoms with Crippen LogP contribution in [0.5, 0.6) is 11.5 Å². The molecule has 1 heterocycles. The molecule has 0 aliphatic carbocycles. The van der Waals surface area contributed by atoms with Crippen molar-refractivity contribution in [2.45, 2.75) is 18.2 Å². The molecule has 7 nitrogen and oxygen atoms in total. The fourth-order valence-corrected chi connectivity index (χ4v) is 4.14. The molecule has 0 bridgehead atoms. The lowest BCUT2D eigenvalue weighted by Crippen LogP contribution is -2.19. The second kappa shape index (κ2) is 9.55. The maximum atomic E-state index is 12.5. The van der Waals surface area contributed by atoms with Crippen LogP contribution in [0.3, 0.4) is 0 Å². The molecule has 0 atom stereocenters. The van der Waals surface area contributed by atoms with E-state index in [0.717, 1.165) is 10.4 Å². The average Bonchev–Trinajstić information content (AvgIpc) is 3.22. The van der Waals surface area contributed by atoms with Gasteiger partial charge in [-0.25, -0.2) is 5.43 Å². The minimum absolute atomic E-state index is 0.0502. The molecule has 0 fully saturated rings. The number of hydrazone groups is 1. The van der Waals surface area contributed by atoms with Crippen LogP contribution in [-0.4, -0.2) is 27.6 Å². The summed E-state index contributed by atoms with van der Waals surface area (Å²) in [5.74, 6) is 0.0429. The monoisotopic (exact) mass is 444 g/mol. The number of nitrogens with zero attached hydrogens (tertiary/aromatic N) is 1. The molecule has 2 aromatic carbocycles. The van der Waals surface area contributed by atoms with E-state index in [1.54, 1.807) is 24.3 Å². The Kier molecular flexibility index (Phi) is 6.86. The van der Waals surface area contributed by atoms with Gasteiger partial charge >= 0.3 is 10.1 Å². The number of thiophene rings is 1. The molecule has 30 heavy (non-hydrogen) atoms. The number of benzene rings is 2. The number of ether oxygens (including phenoxy) is 1. The van der Waals surface area contributed by atoms with Crippen molar-refractivity contribution in [3.05, 3.63) is 76.0 Å². The molecular weight excluding hydrogens is 424 g/mol. The van der Waals surface area contributed by atoms with Crippen molar-refractivity contribution in [2.24, 2.45) is 5.10 Å². The first-order valence-electron chi connectivity index (χ1n) is 8.91. The lowest BCUT2D eigenvalue weighted by molar-refractivity contribution is -0.120. The summed E-state index contributed by atoms with van der Waals surface area (Å²) >= 11 is 1.50. The minimum Gasteiger partial charge on any atom is -0.493 e. The van der Waals surface area contributed by atoms with Gasteiger partial charge in [0.1, 0.15) is 4.90 Å². The van der Waals surface area contributed by atoms with E-state index >= 15 is 0 Å². The van der Waals surface area contributed by atoms with Crippen LogP contribution in [0.1, 0.15) is 16.0 Å². The summed E-state index contributed by atoms with van der Waals surface area (Å²) in [4.78, 5) is 12.9.